The number of H-pyrrole nitrogens is 1. The highest BCUT2D eigenvalue weighted by Gasteiger charge is 2.35. The van der Waals surface area contributed by atoms with Gasteiger partial charge in [0.15, 0.2) is 0 Å². The van der Waals surface area contributed by atoms with Crippen LogP contribution in [0.1, 0.15) is 52.1 Å². The number of carbonyl (C=O) groups excluding carboxylic acids is 2. The number of carbonyl (C=O) groups is 2. The van der Waals surface area contributed by atoms with Crippen LogP contribution < -0.4 is 10.1 Å². The Balaban J connectivity index is 1.19. The molecule has 5 heterocycles. The molecule has 1 fully saturated rings. The fraction of sp³-hybridized carbons (Fsp3) is 0.424. The van der Waals surface area contributed by atoms with Crippen molar-refractivity contribution >= 4 is 28.7 Å². The number of aromatic amines is 1. The van der Waals surface area contributed by atoms with Crippen LogP contribution in [0, 0.1) is 0 Å². The highest BCUT2D eigenvalue weighted by atomic mass is 19.4. The van der Waals surface area contributed by atoms with Crippen molar-refractivity contribution < 1.29 is 27.5 Å². The number of piperazine rings is 1. The van der Waals surface area contributed by atoms with E-state index in [1.165, 1.54) is 23.4 Å². The number of alkyl halides is 3. The Kier molecular flexibility index (Phi) is 9.25. The number of halogens is 3. The van der Waals surface area contributed by atoms with E-state index in [2.05, 4.69) is 30.2 Å². The van der Waals surface area contributed by atoms with Crippen LogP contribution >= 0.6 is 0 Å². The van der Waals surface area contributed by atoms with Gasteiger partial charge >= 0.3 is 12.2 Å². The third-order valence-corrected chi connectivity index (χ3v) is 8.84. The molecule has 1 atom stereocenters. The minimum absolute atomic E-state index is 0.0786. The van der Waals surface area contributed by atoms with Crippen LogP contribution in [0.25, 0.3) is 11.0 Å². The lowest BCUT2D eigenvalue weighted by molar-refractivity contribution is -0.138. The number of rotatable bonds is 7. The fourth-order valence-corrected chi connectivity index (χ4v) is 6.12. The number of fused-ring (bicyclic) bond motifs is 2. The predicted molar refractivity (Wildman–Crippen MR) is 173 cm³/mol. The van der Waals surface area contributed by atoms with E-state index in [9.17, 15) is 22.8 Å². The molecular weight excluding hydrogens is 627 g/mol. The number of urea groups is 1. The molecule has 0 bridgehead atoms. The summed E-state index contributed by atoms with van der Waals surface area (Å²) in [5.41, 5.74) is 1.86. The molecule has 2 aliphatic heterocycles. The van der Waals surface area contributed by atoms with Crippen LogP contribution in [-0.2, 0) is 19.3 Å². The number of anilines is 1. The first-order chi connectivity index (χ1) is 22.9. The van der Waals surface area contributed by atoms with Gasteiger partial charge in [0, 0.05) is 71.5 Å². The normalized spacial score (nSPS) is 17.3. The van der Waals surface area contributed by atoms with Crippen molar-refractivity contribution in [1.29, 1.82) is 0 Å². The SMILES string of the molecule is CC[C@H]1CN(C(=O)Nc2ccc(CN3CCN(C)CC3)c(C(F)(F)F)c2)Cc2cc(Oc3ncnc4[nH]c(C(=O)N(C)C)cc34)cnc21. The molecule has 3 aromatic heterocycles. The Morgan fingerprint density at radius 3 is 2.56 bits per heavy atom. The maximum atomic E-state index is 14.2. The molecule has 2 N–H and O–H groups in total. The number of hydrogen-bond donors (Lipinski definition) is 2. The van der Waals surface area contributed by atoms with Crippen LogP contribution in [0.4, 0.5) is 23.7 Å². The Bertz CT molecular complexity index is 1820. The summed E-state index contributed by atoms with van der Waals surface area (Å²) in [4.78, 5) is 49.2. The van der Waals surface area contributed by atoms with Gasteiger partial charge < -0.3 is 29.7 Å². The molecular formula is C33H38F3N9O3. The maximum Gasteiger partial charge on any atom is 0.416 e. The molecule has 0 spiro atoms. The monoisotopic (exact) mass is 665 g/mol. The summed E-state index contributed by atoms with van der Waals surface area (Å²) in [6, 6.07) is 6.91. The molecule has 15 heteroatoms. The van der Waals surface area contributed by atoms with Crippen LogP contribution in [0.2, 0.25) is 0 Å². The summed E-state index contributed by atoms with van der Waals surface area (Å²) in [6.45, 7) is 5.70. The molecule has 2 aliphatic rings. The summed E-state index contributed by atoms with van der Waals surface area (Å²) in [5.74, 6) is 0.290. The fourth-order valence-electron chi connectivity index (χ4n) is 6.12. The predicted octanol–water partition coefficient (Wildman–Crippen LogP) is 5.15. The number of pyridine rings is 1. The molecule has 12 nitrogen and oxygen atoms in total. The number of hydrogen-bond acceptors (Lipinski definition) is 8. The summed E-state index contributed by atoms with van der Waals surface area (Å²) in [7, 11) is 5.29. The molecule has 4 aromatic rings. The second kappa shape index (κ2) is 13.4. The van der Waals surface area contributed by atoms with E-state index in [1.54, 1.807) is 37.3 Å². The van der Waals surface area contributed by atoms with Gasteiger partial charge in [-0.15, -0.1) is 0 Å². The summed E-state index contributed by atoms with van der Waals surface area (Å²) >= 11 is 0. The first-order valence-electron chi connectivity index (χ1n) is 15.8. The van der Waals surface area contributed by atoms with E-state index < -0.39 is 17.8 Å². The highest BCUT2D eigenvalue weighted by Crippen LogP contribution is 2.36. The number of likely N-dealkylation sites (N-methyl/N-ethyl adjacent to an activating group) is 1. The number of amides is 3. The molecule has 48 heavy (non-hydrogen) atoms. The van der Waals surface area contributed by atoms with Crippen molar-refractivity contribution in [1.82, 2.24) is 39.5 Å². The molecule has 1 aromatic carbocycles. The Labute approximate surface area is 275 Å². The Hall–Kier alpha value is -4.76. The van der Waals surface area contributed by atoms with Gasteiger partial charge in [-0.1, -0.05) is 13.0 Å². The molecule has 6 rings (SSSR count). The van der Waals surface area contributed by atoms with E-state index in [1.807, 2.05) is 18.9 Å². The topological polar surface area (TPSA) is 123 Å². The number of nitrogens with zero attached hydrogens (tertiary/aromatic N) is 7. The molecule has 1 saturated heterocycles. The van der Waals surface area contributed by atoms with Gasteiger partial charge in [-0.2, -0.15) is 13.2 Å². The summed E-state index contributed by atoms with van der Waals surface area (Å²) in [5, 5.41) is 3.21. The smallest absolute Gasteiger partial charge is 0.416 e. The minimum Gasteiger partial charge on any atom is -0.437 e. The minimum atomic E-state index is -4.57. The van der Waals surface area contributed by atoms with Gasteiger partial charge in [0.2, 0.25) is 5.88 Å². The van der Waals surface area contributed by atoms with E-state index in [4.69, 9.17) is 4.74 Å². The molecule has 0 unspecified atom stereocenters. The van der Waals surface area contributed by atoms with Gasteiger partial charge in [-0.05, 0) is 48.9 Å². The van der Waals surface area contributed by atoms with E-state index in [0.29, 0.717) is 48.5 Å². The average molecular weight is 666 g/mol. The first kappa shape index (κ1) is 33.2. The lowest BCUT2D eigenvalue weighted by Gasteiger charge is -2.34. The largest absolute Gasteiger partial charge is 0.437 e. The zero-order valence-corrected chi connectivity index (χ0v) is 27.3. The van der Waals surface area contributed by atoms with E-state index in [-0.39, 0.29) is 42.0 Å². The summed E-state index contributed by atoms with van der Waals surface area (Å²) < 4.78 is 48.6. The second-order valence-electron chi connectivity index (χ2n) is 12.5. The molecule has 254 valence electrons. The maximum absolute atomic E-state index is 14.2. The molecule has 3 amide bonds. The van der Waals surface area contributed by atoms with Gasteiger partial charge in [-0.3, -0.25) is 14.7 Å². The van der Waals surface area contributed by atoms with Crippen molar-refractivity contribution in [3.63, 3.8) is 0 Å². The third kappa shape index (κ3) is 7.06. The van der Waals surface area contributed by atoms with Crippen molar-refractivity contribution in [2.75, 3.05) is 59.2 Å². The Morgan fingerprint density at radius 2 is 1.85 bits per heavy atom. The average Bonchev–Trinajstić information content (AvgIpc) is 3.50. The number of nitrogens with one attached hydrogen (secondary N) is 2. The van der Waals surface area contributed by atoms with E-state index >= 15 is 0 Å². The van der Waals surface area contributed by atoms with Crippen molar-refractivity contribution in [2.45, 2.75) is 38.5 Å². The number of ether oxygens (including phenoxy) is 1. The quantitative estimate of drug-likeness (QED) is 0.278. The zero-order chi connectivity index (χ0) is 34.2. The number of benzene rings is 1. The third-order valence-electron chi connectivity index (χ3n) is 8.84. The van der Waals surface area contributed by atoms with Gasteiger partial charge in [-0.25, -0.2) is 14.8 Å². The van der Waals surface area contributed by atoms with Gasteiger partial charge in [0.25, 0.3) is 5.91 Å². The molecule has 0 radical (unpaired) electrons. The standard InChI is InChI=1S/C33H38F3N9O3/c1-5-20-17-45(32(47)40-23-7-6-21(26(13-23)33(34,35)36)16-44-10-8-43(4)9-11-44)18-22-12-24(15-37-28(20)22)48-30-25-14-27(31(46)42(2)3)41-29(25)38-19-39-30/h6-7,12-15,19-20H,5,8-11,16-18H2,1-4H3,(H,40,47)(H,38,39,41)/t20-/m0/s1. The lowest BCUT2D eigenvalue weighted by Crippen LogP contribution is -2.44. The van der Waals surface area contributed by atoms with Gasteiger partial charge in [0.05, 0.1) is 22.8 Å². The number of aromatic nitrogens is 4. The van der Waals surface area contributed by atoms with Crippen LogP contribution in [0.5, 0.6) is 11.6 Å². The van der Waals surface area contributed by atoms with Crippen molar-refractivity contribution in [3.05, 3.63) is 70.9 Å². The van der Waals surface area contributed by atoms with Crippen LogP contribution in [0.15, 0.2) is 42.9 Å². The lowest BCUT2D eigenvalue weighted by atomic mass is 9.92. The van der Waals surface area contributed by atoms with Gasteiger partial charge in [0.1, 0.15) is 23.4 Å². The van der Waals surface area contributed by atoms with E-state index in [0.717, 1.165) is 30.4 Å². The van der Waals surface area contributed by atoms with Crippen LogP contribution in [-0.4, -0.2) is 105 Å². The van der Waals surface area contributed by atoms with Crippen molar-refractivity contribution in [2.24, 2.45) is 0 Å². The highest BCUT2D eigenvalue weighted by molar-refractivity contribution is 5.98. The van der Waals surface area contributed by atoms with Crippen molar-refractivity contribution in [3.8, 4) is 11.6 Å². The molecule has 0 aliphatic carbocycles. The molecule has 0 saturated carbocycles. The summed E-state index contributed by atoms with van der Waals surface area (Å²) in [6.07, 6.45) is -0.957. The van der Waals surface area contributed by atoms with Crippen LogP contribution in [0.3, 0.4) is 0 Å². The zero-order valence-electron chi connectivity index (χ0n) is 27.3. The second-order valence-corrected chi connectivity index (χ2v) is 12.5. The first-order valence-corrected chi connectivity index (χ1v) is 15.8. The Morgan fingerprint density at radius 1 is 1.08 bits per heavy atom.